The lowest BCUT2D eigenvalue weighted by molar-refractivity contribution is -0.111. The summed E-state index contributed by atoms with van der Waals surface area (Å²) in [6, 6.07) is 18.4. The number of rotatable bonds is 4. The van der Waals surface area contributed by atoms with Crippen molar-refractivity contribution in [1.29, 1.82) is 0 Å². The van der Waals surface area contributed by atoms with Crippen molar-refractivity contribution < 1.29 is 4.79 Å². The van der Waals surface area contributed by atoms with Gasteiger partial charge < -0.3 is 5.32 Å². The van der Waals surface area contributed by atoms with Crippen LogP contribution in [0.4, 0.5) is 5.69 Å². The number of carbonyl (C=O) groups is 1. The van der Waals surface area contributed by atoms with Gasteiger partial charge in [-0.05, 0) is 74.7 Å². The smallest absolute Gasteiger partial charge is 0.248 e. The molecule has 0 unspecified atom stereocenters. The third-order valence-corrected chi connectivity index (χ3v) is 5.03. The maximum absolute atomic E-state index is 12.6. The number of nitrogens with one attached hydrogen (secondary N) is 1. The van der Waals surface area contributed by atoms with Crippen LogP contribution in [0.5, 0.6) is 0 Å². The molecule has 4 heteroatoms. The lowest BCUT2D eigenvalue weighted by atomic mass is 10.1. The molecule has 30 heavy (non-hydrogen) atoms. The van der Waals surface area contributed by atoms with Gasteiger partial charge in [0, 0.05) is 23.5 Å². The Bertz CT molecular complexity index is 1240. The quantitative estimate of drug-likeness (QED) is 0.438. The molecule has 0 saturated heterocycles. The molecule has 0 spiro atoms. The number of pyridine rings is 1. The van der Waals surface area contributed by atoms with E-state index in [4.69, 9.17) is 4.98 Å². The normalized spacial score (nSPS) is 11.3. The highest BCUT2D eigenvalue weighted by Gasteiger charge is 2.12. The first-order valence-corrected chi connectivity index (χ1v) is 10.0. The number of imidazole rings is 1. The molecule has 0 aliphatic heterocycles. The Morgan fingerprint density at radius 3 is 2.27 bits per heavy atom. The minimum atomic E-state index is -0.170. The second kappa shape index (κ2) is 7.99. The van der Waals surface area contributed by atoms with Gasteiger partial charge in [0.15, 0.2) is 0 Å². The zero-order valence-corrected chi connectivity index (χ0v) is 17.7. The lowest BCUT2D eigenvalue weighted by Crippen LogP contribution is -2.08. The zero-order chi connectivity index (χ0) is 21.3. The van der Waals surface area contributed by atoms with Gasteiger partial charge in [-0.15, -0.1) is 0 Å². The molecule has 0 radical (unpaired) electrons. The molecular weight excluding hydrogens is 370 g/mol. The highest BCUT2D eigenvalue weighted by atomic mass is 16.1. The van der Waals surface area contributed by atoms with Crippen molar-refractivity contribution in [3.05, 3.63) is 94.8 Å². The molecule has 0 saturated carbocycles. The van der Waals surface area contributed by atoms with Crippen LogP contribution in [0.15, 0.2) is 66.9 Å². The van der Waals surface area contributed by atoms with Gasteiger partial charge in [-0.1, -0.05) is 35.9 Å². The molecule has 0 bridgehead atoms. The summed E-state index contributed by atoms with van der Waals surface area (Å²) in [6.45, 7) is 8.15. The molecule has 4 rings (SSSR count). The van der Waals surface area contributed by atoms with Crippen molar-refractivity contribution >= 4 is 23.3 Å². The number of hydrogen-bond acceptors (Lipinski definition) is 2. The SMILES string of the molecule is Cc1ccc(-c2nc3cc(C)ccn3c2/C=C/C(=O)Nc2cc(C)cc(C)c2)cc1. The van der Waals surface area contributed by atoms with Crippen molar-refractivity contribution in [3.8, 4) is 11.3 Å². The van der Waals surface area contributed by atoms with Crippen LogP contribution in [0, 0.1) is 27.7 Å². The number of aryl methyl sites for hydroxylation is 4. The van der Waals surface area contributed by atoms with E-state index in [2.05, 4.69) is 42.6 Å². The molecule has 0 fully saturated rings. The Kier molecular flexibility index (Phi) is 5.23. The van der Waals surface area contributed by atoms with Crippen LogP contribution in [0.2, 0.25) is 0 Å². The maximum Gasteiger partial charge on any atom is 0.248 e. The van der Waals surface area contributed by atoms with Crippen molar-refractivity contribution in [2.75, 3.05) is 5.32 Å². The average molecular weight is 396 g/mol. The number of amides is 1. The van der Waals surface area contributed by atoms with Gasteiger partial charge >= 0.3 is 0 Å². The molecule has 2 aromatic heterocycles. The Balaban J connectivity index is 1.70. The number of fused-ring (bicyclic) bond motifs is 1. The molecular formula is C26H25N3O. The first-order chi connectivity index (χ1) is 14.4. The van der Waals surface area contributed by atoms with Gasteiger partial charge in [-0.25, -0.2) is 4.98 Å². The van der Waals surface area contributed by atoms with Crippen LogP contribution < -0.4 is 5.32 Å². The van der Waals surface area contributed by atoms with Crippen molar-refractivity contribution in [2.24, 2.45) is 0 Å². The number of anilines is 1. The van der Waals surface area contributed by atoms with E-state index in [0.29, 0.717) is 0 Å². The fourth-order valence-corrected chi connectivity index (χ4v) is 3.63. The standard InChI is InChI=1S/C26H25N3O/c1-17-5-7-21(8-6-17)26-23(29-12-11-18(2)16-24(29)28-26)9-10-25(30)27-22-14-19(3)13-20(4)15-22/h5-16H,1-4H3,(H,27,30)/b10-9+. The fourth-order valence-electron chi connectivity index (χ4n) is 3.63. The van der Waals surface area contributed by atoms with Crippen LogP contribution in [-0.2, 0) is 4.79 Å². The van der Waals surface area contributed by atoms with E-state index in [1.165, 1.54) is 5.56 Å². The van der Waals surface area contributed by atoms with E-state index < -0.39 is 0 Å². The van der Waals surface area contributed by atoms with E-state index in [9.17, 15) is 4.79 Å². The van der Waals surface area contributed by atoms with Gasteiger partial charge in [0.2, 0.25) is 5.91 Å². The van der Waals surface area contributed by atoms with E-state index >= 15 is 0 Å². The Hall–Kier alpha value is -3.66. The zero-order valence-electron chi connectivity index (χ0n) is 17.7. The monoisotopic (exact) mass is 395 g/mol. The van der Waals surface area contributed by atoms with Gasteiger partial charge in [0.05, 0.1) is 11.4 Å². The molecule has 1 amide bonds. The Morgan fingerprint density at radius 1 is 0.867 bits per heavy atom. The van der Waals surface area contributed by atoms with E-state index in [1.54, 1.807) is 6.08 Å². The summed E-state index contributed by atoms with van der Waals surface area (Å²) in [5.74, 6) is -0.170. The Labute approximate surface area is 176 Å². The van der Waals surface area contributed by atoms with Gasteiger partial charge in [-0.2, -0.15) is 0 Å². The highest BCUT2D eigenvalue weighted by molar-refractivity contribution is 6.02. The predicted molar refractivity (Wildman–Crippen MR) is 124 cm³/mol. The second-order valence-corrected chi connectivity index (χ2v) is 7.84. The topological polar surface area (TPSA) is 46.4 Å². The highest BCUT2D eigenvalue weighted by Crippen LogP contribution is 2.26. The Morgan fingerprint density at radius 2 is 1.57 bits per heavy atom. The molecule has 2 heterocycles. The number of nitrogens with zero attached hydrogens (tertiary/aromatic N) is 2. The third-order valence-electron chi connectivity index (χ3n) is 5.03. The number of aromatic nitrogens is 2. The van der Waals surface area contributed by atoms with Crippen LogP contribution in [0.3, 0.4) is 0 Å². The van der Waals surface area contributed by atoms with E-state index in [-0.39, 0.29) is 5.91 Å². The summed E-state index contributed by atoms with van der Waals surface area (Å²) in [4.78, 5) is 17.4. The summed E-state index contributed by atoms with van der Waals surface area (Å²) in [5.41, 5.74) is 9.00. The first kappa shape index (κ1) is 19.6. The minimum Gasteiger partial charge on any atom is -0.322 e. The van der Waals surface area contributed by atoms with Gasteiger partial charge in [-0.3, -0.25) is 9.20 Å². The molecule has 0 aliphatic rings. The molecule has 4 nitrogen and oxygen atoms in total. The van der Waals surface area contributed by atoms with Crippen LogP contribution in [0.1, 0.15) is 27.9 Å². The van der Waals surface area contributed by atoms with Crippen molar-refractivity contribution in [2.45, 2.75) is 27.7 Å². The summed E-state index contributed by atoms with van der Waals surface area (Å²) in [5, 5.41) is 2.95. The molecule has 0 aliphatic carbocycles. The molecule has 1 N–H and O–H groups in total. The number of benzene rings is 2. The largest absolute Gasteiger partial charge is 0.322 e. The molecule has 4 aromatic rings. The third kappa shape index (κ3) is 4.18. The first-order valence-electron chi connectivity index (χ1n) is 10.0. The summed E-state index contributed by atoms with van der Waals surface area (Å²) in [7, 11) is 0. The van der Waals surface area contributed by atoms with Crippen LogP contribution >= 0.6 is 0 Å². The summed E-state index contributed by atoms with van der Waals surface area (Å²) in [6.07, 6.45) is 5.40. The van der Waals surface area contributed by atoms with Gasteiger partial charge in [0.1, 0.15) is 5.65 Å². The molecule has 0 atom stereocenters. The number of hydrogen-bond donors (Lipinski definition) is 1. The van der Waals surface area contributed by atoms with E-state index in [1.807, 2.05) is 61.7 Å². The minimum absolute atomic E-state index is 0.170. The number of carbonyl (C=O) groups excluding carboxylic acids is 1. The maximum atomic E-state index is 12.6. The van der Waals surface area contributed by atoms with E-state index in [0.717, 1.165) is 45.0 Å². The second-order valence-electron chi connectivity index (χ2n) is 7.84. The average Bonchev–Trinajstić information content (AvgIpc) is 3.03. The lowest BCUT2D eigenvalue weighted by Gasteiger charge is -2.06. The molecule has 2 aromatic carbocycles. The fraction of sp³-hybridized carbons (Fsp3) is 0.154. The predicted octanol–water partition coefficient (Wildman–Crippen LogP) is 5.89. The summed E-state index contributed by atoms with van der Waals surface area (Å²) >= 11 is 0. The molecule has 150 valence electrons. The van der Waals surface area contributed by atoms with Crippen molar-refractivity contribution in [1.82, 2.24) is 9.38 Å². The van der Waals surface area contributed by atoms with Crippen molar-refractivity contribution in [3.63, 3.8) is 0 Å². The van der Waals surface area contributed by atoms with Crippen LogP contribution in [-0.4, -0.2) is 15.3 Å². The van der Waals surface area contributed by atoms with Gasteiger partial charge in [0.25, 0.3) is 0 Å². The summed E-state index contributed by atoms with van der Waals surface area (Å²) < 4.78 is 2.02. The van der Waals surface area contributed by atoms with Crippen LogP contribution in [0.25, 0.3) is 23.0 Å².